The molecule has 0 radical (unpaired) electrons. The summed E-state index contributed by atoms with van der Waals surface area (Å²) in [6.45, 7) is 11.4. The second-order valence-corrected chi connectivity index (χ2v) is 7.24. The maximum absolute atomic E-state index is 12.0. The van der Waals surface area contributed by atoms with Gasteiger partial charge in [0.2, 0.25) is 0 Å². The van der Waals surface area contributed by atoms with Crippen LogP contribution in [0.3, 0.4) is 0 Å². The lowest BCUT2D eigenvalue weighted by Gasteiger charge is -2.34. The Balaban J connectivity index is 2.06. The van der Waals surface area contributed by atoms with Gasteiger partial charge in [0.25, 0.3) is 0 Å². The van der Waals surface area contributed by atoms with E-state index in [1.54, 1.807) is 11.3 Å². The number of likely N-dealkylation sites (tertiary alicyclic amines) is 1. The zero-order valence-corrected chi connectivity index (χ0v) is 15.9. The zero-order valence-electron chi connectivity index (χ0n) is 15.1. The molecule has 1 aromatic heterocycles. The van der Waals surface area contributed by atoms with Gasteiger partial charge in [0.05, 0.1) is 29.8 Å². The van der Waals surface area contributed by atoms with Gasteiger partial charge in [-0.1, -0.05) is 0 Å². The van der Waals surface area contributed by atoms with Crippen LogP contribution in [0.25, 0.3) is 0 Å². The highest BCUT2D eigenvalue weighted by molar-refractivity contribution is 7.11. The van der Waals surface area contributed by atoms with Crippen molar-refractivity contribution in [1.82, 2.24) is 15.2 Å². The van der Waals surface area contributed by atoms with Crippen LogP contribution in [0.5, 0.6) is 0 Å². The average molecular weight is 353 g/mol. The number of piperidine rings is 1. The van der Waals surface area contributed by atoms with E-state index < -0.39 is 0 Å². The molecular weight excluding hydrogens is 324 g/mol. The topological polar surface area (TPSA) is 66.8 Å². The minimum atomic E-state index is -0.0908. The summed E-state index contributed by atoms with van der Waals surface area (Å²) >= 11 is 1.69. The smallest absolute Gasteiger partial charge is 0.310 e. The molecule has 0 saturated carbocycles. The molecule has 1 aromatic rings. The molecule has 2 heterocycles. The van der Waals surface area contributed by atoms with Crippen molar-refractivity contribution in [1.29, 1.82) is 0 Å². The largest absolute Gasteiger partial charge is 0.466 e. The van der Waals surface area contributed by atoms with Gasteiger partial charge in [0.15, 0.2) is 5.96 Å². The summed E-state index contributed by atoms with van der Waals surface area (Å²) in [6.07, 6.45) is 1.87. The van der Waals surface area contributed by atoms with Crippen molar-refractivity contribution >= 4 is 23.3 Å². The lowest BCUT2D eigenvalue weighted by molar-refractivity contribution is -0.149. The maximum Gasteiger partial charge on any atom is 0.310 e. The number of thiazole rings is 1. The lowest BCUT2D eigenvalue weighted by atomic mass is 9.98. The summed E-state index contributed by atoms with van der Waals surface area (Å²) in [6, 6.07) is 0. The summed E-state index contributed by atoms with van der Waals surface area (Å²) in [5, 5.41) is 4.42. The molecule has 1 aliphatic heterocycles. The molecule has 134 valence electrons. The predicted octanol–water partition coefficient (Wildman–Crippen LogP) is 2.50. The second kappa shape index (κ2) is 9.01. The van der Waals surface area contributed by atoms with Crippen molar-refractivity contribution in [3.05, 3.63) is 15.6 Å². The van der Waals surface area contributed by atoms with Gasteiger partial charge in [0.1, 0.15) is 0 Å². The summed E-state index contributed by atoms with van der Waals surface area (Å²) in [7, 11) is 0. The molecule has 1 aliphatic rings. The Hall–Kier alpha value is -1.63. The first kappa shape index (κ1) is 18.7. The fourth-order valence-corrected chi connectivity index (χ4v) is 3.78. The Morgan fingerprint density at radius 2 is 2.25 bits per heavy atom. The van der Waals surface area contributed by atoms with Gasteiger partial charge in [-0.25, -0.2) is 9.98 Å². The monoisotopic (exact) mass is 352 g/mol. The molecule has 0 bridgehead atoms. The number of aliphatic imine (C=N–C) groups is 1. The van der Waals surface area contributed by atoms with Crippen molar-refractivity contribution < 1.29 is 9.53 Å². The highest BCUT2D eigenvalue weighted by atomic mass is 32.1. The molecule has 0 spiro atoms. The van der Waals surface area contributed by atoms with Crippen molar-refractivity contribution in [2.75, 3.05) is 26.2 Å². The third-order valence-corrected chi connectivity index (χ3v) is 5.11. The van der Waals surface area contributed by atoms with Crippen LogP contribution in [0.15, 0.2) is 4.99 Å². The first-order valence-electron chi connectivity index (χ1n) is 8.67. The number of carbonyl (C=O) groups excluding carboxylic acids is 1. The molecule has 7 heteroatoms. The average Bonchev–Trinajstić information content (AvgIpc) is 2.89. The minimum Gasteiger partial charge on any atom is -0.466 e. The van der Waals surface area contributed by atoms with Crippen LogP contribution < -0.4 is 5.32 Å². The SMILES string of the molecule is CCNC(=NCc1sc(C)nc1C)N1CCCC(C(=O)OCC)C1. The number of hydrogen-bond acceptors (Lipinski definition) is 5. The number of rotatable bonds is 5. The number of aryl methyl sites for hydroxylation is 2. The molecule has 1 unspecified atom stereocenters. The molecule has 6 nitrogen and oxygen atoms in total. The Kier molecular flexibility index (Phi) is 7.02. The molecule has 0 aliphatic carbocycles. The number of nitrogens with one attached hydrogen (secondary N) is 1. The van der Waals surface area contributed by atoms with E-state index in [0.717, 1.165) is 42.6 Å². The number of esters is 1. The molecule has 1 fully saturated rings. The molecule has 0 amide bonds. The van der Waals surface area contributed by atoms with Gasteiger partial charge in [0, 0.05) is 24.5 Å². The van der Waals surface area contributed by atoms with Gasteiger partial charge in [-0.2, -0.15) is 0 Å². The van der Waals surface area contributed by atoms with Crippen LogP contribution in [-0.2, 0) is 16.1 Å². The van der Waals surface area contributed by atoms with E-state index >= 15 is 0 Å². The van der Waals surface area contributed by atoms with E-state index in [1.807, 2.05) is 20.8 Å². The normalized spacial score (nSPS) is 18.6. The van der Waals surface area contributed by atoms with Crippen LogP contribution in [0.2, 0.25) is 0 Å². The fraction of sp³-hybridized carbons (Fsp3) is 0.706. The van der Waals surface area contributed by atoms with E-state index in [9.17, 15) is 4.79 Å². The van der Waals surface area contributed by atoms with Crippen LogP contribution in [0.1, 0.15) is 42.3 Å². The number of carbonyl (C=O) groups is 1. The van der Waals surface area contributed by atoms with Crippen molar-refractivity contribution in [2.24, 2.45) is 10.9 Å². The van der Waals surface area contributed by atoms with Crippen molar-refractivity contribution in [3.8, 4) is 0 Å². The Morgan fingerprint density at radius 3 is 2.88 bits per heavy atom. The van der Waals surface area contributed by atoms with E-state index in [1.165, 1.54) is 4.88 Å². The van der Waals surface area contributed by atoms with Gasteiger partial charge in [-0.05, 0) is 40.5 Å². The summed E-state index contributed by atoms with van der Waals surface area (Å²) in [4.78, 5) is 24.6. The van der Waals surface area contributed by atoms with E-state index in [2.05, 4.69) is 22.1 Å². The number of nitrogens with zero attached hydrogens (tertiary/aromatic N) is 3. The number of aromatic nitrogens is 1. The highest BCUT2D eigenvalue weighted by Gasteiger charge is 2.28. The van der Waals surface area contributed by atoms with Crippen molar-refractivity contribution in [2.45, 2.75) is 47.1 Å². The quantitative estimate of drug-likeness (QED) is 0.501. The third kappa shape index (κ3) is 4.93. The van der Waals surface area contributed by atoms with Gasteiger partial charge < -0.3 is 15.0 Å². The lowest BCUT2D eigenvalue weighted by Crippen LogP contribution is -2.48. The van der Waals surface area contributed by atoms with Gasteiger partial charge in [-0.15, -0.1) is 11.3 Å². The van der Waals surface area contributed by atoms with E-state index in [0.29, 0.717) is 19.7 Å². The Labute approximate surface area is 148 Å². The molecule has 0 aromatic carbocycles. The number of hydrogen-bond donors (Lipinski definition) is 1. The van der Waals surface area contributed by atoms with Crippen molar-refractivity contribution in [3.63, 3.8) is 0 Å². The molecular formula is C17H28N4O2S. The summed E-state index contributed by atoms with van der Waals surface area (Å²) < 4.78 is 5.18. The standard InChI is InChI=1S/C17H28N4O2S/c1-5-18-17(19-10-15-12(3)20-13(4)24-15)21-9-7-8-14(11-21)16(22)23-6-2/h14H,5-11H2,1-4H3,(H,18,19). The second-order valence-electron chi connectivity index (χ2n) is 5.95. The maximum atomic E-state index is 12.0. The van der Waals surface area contributed by atoms with E-state index in [-0.39, 0.29) is 11.9 Å². The van der Waals surface area contributed by atoms with Crippen LogP contribution >= 0.6 is 11.3 Å². The Bertz CT molecular complexity index is 585. The first-order valence-corrected chi connectivity index (χ1v) is 9.49. The summed E-state index contributed by atoms with van der Waals surface area (Å²) in [5.41, 5.74) is 1.06. The molecule has 1 atom stereocenters. The van der Waals surface area contributed by atoms with Gasteiger partial charge >= 0.3 is 5.97 Å². The molecule has 2 rings (SSSR count). The number of ether oxygens (including phenoxy) is 1. The van der Waals surface area contributed by atoms with Crippen LogP contribution in [-0.4, -0.2) is 48.1 Å². The molecule has 24 heavy (non-hydrogen) atoms. The number of guanidine groups is 1. The Morgan fingerprint density at radius 1 is 1.46 bits per heavy atom. The summed E-state index contributed by atoms with van der Waals surface area (Å²) in [5.74, 6) is 0.721. The van der Waals surface area contributed by atoms with Crippen LogP contribution in [0.4, 0.5) is 0 Å². The zero-order chi connectivity index (χ0) is 17.5. The third-order valence-electron chi connectivity index (χ3n) is 4.05. The first-order chi connectivity index (χ1) is 11.5. The highest BCUT2D eigenvalue weighted by Crippen LogP contribution is 2.20. The minimum absolute atomic E-state index is 0.0602. The van der Waals surface area contributed by atoms with Crippen LogP contribution in [0, 0.1) is 19.8 Å². The fourth-order valence-electron chi connectivity index (χ4n) is 2.91. The predicted molar refractivity (Wildman–Crippen MR) is 97.3 cm³/mol. The molecule has 1 N–H and O–H groups in total. The molecule has 1 saturated heterocycles. The van der Waals surface area contributed by atoms with E-state index in [4.69, 9.17) is 9.73 Å². The van der Waals surface area contributed by atoms with Gasteiger partial charge in [-0.3, -0.25) is 4.79 Å².